The van der Waals surface area contributed by atoms with Crippen molar-refractivity contribution in [3.8, 4) is 11.5 Å². The number of carboxylic acids is 1. The van der Waals surface area contributed by atoms with Crippen molar-refractivity contribution in [1.82, 2.24) is 0 Å². The summed E-state index contributed by atoms with van der Waals surface area (Å²) < 4.78 is 0. The number of rotatable bonds is 3. The predicted octanol–water partition coefficient (Wildman–Crippen LogP) is -3.22. The van der Waals surface area contributed by atoms with Gasteiger partial charge in [0.2, 0.25) is 0 Å². The first-order valence-electron chi connectivity index (χ1n) is 3.80. The first kappa shape index (κ1) is 13.3. The summed E-state index contributed by atoms with van der Waals surface area (Å²) in [7, 11) is 0. The third kappa shape index (κ3) is 4.00. The molecule has 4 nitrogen and oxygen atoms in total. The van der Waals surface area contributed by atoms with Crippen molar-refractivity contribution >= 4 is 5.97 Å². The number of hydrogen-bond acceptors (Lipinski definition) is 4. The summed E-state index contributed by atoms with van der Waals surface area (Å²) in [6.07, 6.45) is 0.195. The van der Waals surface area contributed by atoms with E-state index >= 15 is 0 Å². The minimum atomic E-state index is -1.13. The number of aromatic hydroxyl groups is 2. The number of benzene rings is 1. The van der Waals surface area contributed by atoms with E-state index in [1.54, 1.807) is 6.07 Å². The fourth-order valence-electron chi connectivity index (χ4n) is 0.971. The van der Waals surface area contributed by atoms with Gasteiger partial charge in [-0.2, -0.15) is 0 Å². The molecule has 0 aromatic heterocycles. The summed E-state index contributed by atoms with van der Waals surface area (Å²) in [5, 5.41) is 28.1. The van der Waals surface area contributed by atoms with Crippen LogP contribution in [0, 0.1) is 0 Å². The zero-order valence-electron chi connectivity index (χ0n) is 7.86. The van der Waals surface area contributed by atoms with E-state index in [0.717, 1.165) is 0 Å². The Morgan fingerprint density at radius 3 is 2.43 bits per heavy atom. The zero-order chi connectivity index (χ0) is 9.84. The van der Waals surface area contributed by atoms with Crippen molar-refractivity contribution in [2.45, 2.75) is 12.8 Å². The number of carbonyl (C=O) groups excluding carboxylic acids is 1. The molecule has 2 N–H and O–H groups in total. The third-order valence-electron chi connectivity index (χ3n) is 1.66. The van der Waals surface area contributed by atoms with Crippen molar-refractivity contribution < 1.29 is 49.7 Å². The van der Waals surface area contributed by atoms with Crippen LogP contribution in [-0.4, -0.2) is 16.2 Å². The SMILES string of the molecule is O=C([O-])CCc1ccc(O)c(O)c1.[Na+]. The van der Waals surface area contributed by atoms with Gasteiger partial charge in [0.15, 0.2) is 11.5 Å². The molecule has 0 saturated carbocycles. The maximum atomic E-state index is 10.1. The van der Waals surface area contributed by atoms with Gasteiger partial charge in [-0.3, -0.25) is 0 Å². The molecule has 0 bridgehead atoms. The van der Waals surface area contributed by atoms with Crippen molar-refractivity contribution in [3.63, 3.8) is 0 Å². The normalized spacial score (nSPS) is 9.14. The van der Waals surface area contributed by atoms with E-state index in [0.29, 0.717) is 5.56 Å². The smallest absolute Gasteiger partial charge is 0.550 e. The van der Waals surface area contributed by atoms with Gasteiger partial charge in [-0.05, 0) is 30.5 Å². The molecular weight excluding hydrogens is 195 g/mol. The number of aryl methyl sites for hydroxylation is 1. The van der Waals surface area contributed by atoms with E-state index in [2.05, 4.69) is 0 Å². The molecule has 0 atom stereocenters. The standard InChI is InChI=1S/C9H10O4.Na/c10-7-3-1-6(5-8(7)11)2-4-9(12)13;/h1,3,5,10-11H,2,4H2,(H,12,13);/q;+1/p-1. The minimum absolute atomic E-state index is 0. The van der Waals surface area contributed by atoms with E-state index < -0.39 is 5.97 Å². The summed E-state index contributed by atoms with van der Waals surface area (Å²) in [4.78, 5) is 10.1. The Kier molecular flexibility index (Phi) is 5.60. The first-order valence-corrected chi connectivity index (χ1v) is 3.80. The van der Waals surface area contributed by atoms with Crippen LogP contribution in [-0.2, 0) is 11.2 Å². The largest absolute Gasteiger partial charge is 1.00 e. The quantitative estimate of drug-likeness (QED) is 0.401. The molecule has 0 heterocycles. The maximum absolute atomic E-state index is 10.1. The first-order chi connectivity index (χ1) is 6.09. The Bertz CT molecular complexity index is 325. The molecule has 1 aromatic rings. The van der Waals surface area contributed by atoms with E-state index in [1.165, 1.54) is 12.1 Å². The number of aliphatic carboxylic acids is 1. The Labute approximate surface area is 103 Å². The molecule has 1 aromatic carbocycles. The fourth-order valence-corrected chi connectivity index (χ4v) is 0.971. The third-order valence-corrected chi connectivity index (χ3v) is 1.66. The Morgan fingerprint density at radius 2 is 1.93 bits per heavy atom. The van der Waals surface area contributed by atoms with Gasteiger partial charge in [0.25, 0.3) is 0 Å². The average molecular weight is 204 g/mol. The maximum Gasteiger partial charge on any atom is 1.00 e. The van der Waals surface area contributed by atoms with Crippen LogP contribution in [0.3, 0.4) is 0 Å². The van der Waals surface area contributed by atoms with Gasteiger partial charge in [-0.15, -0.1) is 0 Å². The average Bonchev–Trinajstić information content (AvgIpc) is 2.07. The molecule has 70 valence electrons. The molecule has 5 heteroatoms. The number of carboxylic acid groups (broad SMARTS) is 1. The Hall–Kier alpha value is -0.710. The van der Waals surface area contributed by atoms with Gasteiger partial charge in [0.1, 0.15) is 0 Å². The van der Waals surface area contributed by atoms with E-state index in [9.17, 15) is 9.90 Å². The van der Waals surface area contributed by atoms with Crippen LogP contribution in [0.5, 0.6) is 11.5 Å². The van der Waals surface area contributed by atoms with Crippen molar-refractivity contribution in [2.75, 3.05) is 0 Å². The summed E-state index contributed by atoms with van der Waals surface area (Å²) in [6.45, 7) is 0. The van der Waals surface area contributed by atoms with Crippen molar-refractivity contribution in [2.24, 2.45) is 0 Å². The molecule has 0 aliphatic heterocycles. The van der Waals surface area contributed by atoms with Gasteiger partial charge >= 0.3 is 29.6 Å². The second-order valence-electron chi connectivity index (χ2n) is 2.70. The monoisotopic (exact) mass is 204 g/mol. The van der Waals surface area contributed by atoms with Crippen LogP contribution in [0.1, 0.15) is 12.0 Å². The zero-order valence-corrected chi connectivity index (χ0v) is 9.86. The molecular formula is C9H9NaO4. The van der Waals surface area contributed by atoms with E-state index in [1.807, 2.05) is 0 Å². The van der Waals surface area contributed by atoms with E-state index in [4.69, 9.17) is 10.2 Å². The van der Waals surface area contributed by atoms with Crippen LogP contribution in [0.25, 0.3) is 0 Å². The van der Waals surface area contributed by atoms with Crippen LogP contribution in [0.4, 0.5) is 0 Å². The Morgan fingerprint density at radius 1 is 1.29 bits per heavy atom. The molecule has 0 aliphatic rings. The molecule has 0 radical (unpaired) electrons. The van der Waals surface area contributed by atoms with Crippen molar-refractivity contribution in [1.29, 1.82) is 0 Å². The van der Waals surface area contributed by atoms with Crippen LogP contribution >= 0.6 is 0 Å². The van der Waals surface area contributed by atoms with Gasteiger partial charge in [-0.25, -0.2) is 0 Å². The second-order valence-corrected chi connectivity index (χ2v) is 2.70. The number of phenols is 2. The van der Waals surface area contributed by atoms with Crippen LogP contribution < -0.4 is 34.7 Å². The van der Waals surface area contributed by atoms with Gasteiger partial charge < -0.3 is 20.1 Å². The minimum Gasteiger partial charge on any atom is -0.550 e. The molecule has 0 spiro atoms. The number of phenolic OH excluding ortho intramolecular Hbond substituents is 2. The number of hydrogen-bond donors (Lipinski definition) is 2. The van der Waals surface area contributed by atoms with Crippen molar-refractivity contribution in [3.05, 3.63) is 23.8 Å². The van der Waals surface area contributed by atoms with E-state index in [-0.39, 0.29) is 53.9 Å². The topological polar surface area (TPSA) is 80.6 Å². The summed E-state index contributed by atoms with van der Waals surface area (Å²) in [5.74, 6) is -1.58. The molecule has 0 fully saturated rings. The summed E-state index contributed by atoms with van der Waals surface area (Å²) in [5.41, 5.74) is 0.652. The summed E-state index contributed by atoms with van der Waals surface area (Å²) >= 11 is 0. The molecule has 1 rings (SSSR count). The molecule has 0 aliphatic carbocycles. The predicted molar refractivity (Wildman–Crippen MR) is 43.1 cm³/mol. The molecule has 14 heavy (non-hydrogen) atoms. The number of carbonyl (C=O) groups is 1. The van der Waals surface area contributed by atoms with Gasteiger partial charge in [-0.1, -0.05) is 6.07 Å². The van der Waals surface area contributed by atoms with Crippen LogP contribution in [0.2, 0.25) is 0 Å². The molecule has 0 unspecified atom stereocenters. The fraction of sp³-hybridized carbons (Fsp3) is 0.222. The van der Waals surface area contributed by atoms with Crippen LogP contribution in [0.15, 0.2) is 18.2 Å². The van der Waals surface area contributed by atoms with Gasteiger partial charge in [0, 0.05) is 5.97 Å². The molecule has 0 saturated heterocycles. The second kappa shape index (κ2) is 5.90. The van der Waals surface area contributed by atoms with Gasteiger partial charge in [0.05, 0.1) is 0 Å². The summed E-state index contributed by atoms with van der Waals surface area (Å²) in [6, 6.07) is 4.20. The Balaban J connectivity index is 0.00000169. The molecule has 0 amide bonds.